The smallest absolute Gasteiger partial charge is 0.387 e. The zero-order valence-corrected chi connectivity index (χ0v) is 30.5. The number of imidazole rings is 1. The van der Waals surface area contributed by atoms with Gasteiger partial charge in [0.25, 0.3) is 18.6 Å². The first kappa shape index (κ1) is 40.0. The first-order valence-electron chi connectivity index (χ1n) is 15.4. The number of phosphoric ester groups is 2. The molecular formula is C24H33BN11O15P3. The second-order valence-electron chi connectivity index (χ2n) is 12.1. The molecule has 30 heteroatoms. The minimum atomic E-state index is -5.52. The number of aromatic amines is 2. The molecule has 6 rings (SSSR count). The Bertz CT molecular complexity index is 2220. The van der Waals surface area contributed by atoms with Crippen LogP contribution in [0, 0.1) is 12.3 Å². The van der Waals surface area contributed by atoms with E-state index in [4.69, 9.17) is 44.0 Å². The summed E-state index contributed by atoms with van der Waals surface area (Å²) in [4.78, 5) is 66.7. The number of fused-ring (bicyclic) bond motifs is 2. The number of hydrogen-bond acceptors (Lipinski definition) is 21. The van der Waals surface area contributed by atoms with Crippen molar-refractivity contribution in [2.24, 2.45) is 0 Å². The summed E-state index contributed by atoms with van der Waals surface area (Å²) in [6.45, 7) is -1.13. The molecule has 9 atom stereocenters. The molecule has 54 heavy (non-hydrogen) atoms. The van der Waals surface area contributed by atoms with Crippen LogP contribution in [0.4, 0.5) is 23.4 Å². The van der Waals surface area contributed by atoms with Crippen LogP contribution < -0.4 is 32.4 Å². The third kappa shape index (κ3) is 8.57. The van der Waals surface area contributed by atoms with Crippen molar-refractivity contribution in [3.05, 3.63) is 27.0 Å². The highest BCUT2D eigenvalue weighted by Gasteiger charge is 2.47. The van der Waals surface area contributed by atoms with Gasteiger partial charge in [-0.2, -0.15) is 9.97 Å². The lowest BCUT2D eigenvalue weighted by molar-refractivity contribution is -0.0979. The second-order valence-corrected chi connectivity index (χ2v) is 16.9. The van der Waals surface area contributed by atoms with Crippen LogP contribution in [0.2, 0.25) is 0 Å². The molecule has 0 spiro atoms. The van der Waals surface area contributed by atoms with Crippen LogP contribution in [0.3, 0.4) is 0 Å². The Labute approximate surface area is 304 Å². The standard InChI is InChI=1S/C24H33BN11O15P3/c1-3-4-34-5-11(48-13(6-34)36-10-33(2)15-19(36)30-24(27)32-21(15)40)7-46-53(42,43)50-52(25,41)51-54(44,45)47-8-12-16(37)17(38)22(49-12)35-9-28-14-18(35)29-23(26)31-20(14)39/h1,9,11-13,16-17,22,37-38H,4-8,10H2,2H3,(H,42,43)(H,44,45)(H3,26,29,31,39)(H3,27,30,32,40)/t11-,12+,13+,16+,17+,22+,52?/m0/s1. The number of aromatic nitrogens is 6. The van der Waals surface area contributed by atoms with Crippen LogP contribution >= 0.6 is 23.1 Å². The van der Waals surface area contributed by atoms with E-state index in [1.54, 1.807) is 21.7 Å². The van der Waals surface area contributed by atoms with Gasteiger partial charge in [-0.1, -0.05) is 5.92 Å². The lowest BCUT2D eigenvalue weighted by Gasteiger charge is -2.41. The Morgan fingerprint density at radius 2 is 1.67 bits per heavy atom. The van der Waals surface area contributed by atoms with Crippen LogP contribution in [0.5, 0.6) is 0 Å². The summed E-state index contributed by atoms with van der Waals surface area (Å²) >= 11 is 0. The van der Waals surface area contributed by atoms with Crippen LogP contribution in [-0.4, -0.2) is 139 Å². The van der Waals surface area contributed by atoms with Gasteiger partial charge < -0.3 is 50.7 Å². The van der Waals surface area contributed by atoms with Crippen molar-refractivity contribution in [2.75, 3.05) is 67.8 Å². The Morgan fingerprint density at radius 3 is 2.35 bits per heavy atom. The Morgan fingerprint density at radius 1 is 1.02 bits per heavy atom. The van der Waals surface area contributed by atoms with E-state index < -0.39 is 84.3 Å². The number of nitrogen functional groups attached to an aromatic ring is 2. The average molecular weight is 819 g/mol. The number of aliphatic hydroxyl groups is 2. The fourth-order valence-corrected chi connectivity index (χ4v) is 9.70. The number of H-pyrrole nitrogens is 2. The highest BCUT2D eigenvalue weighted by atomic mass is 31.3. The van der Waals surface area contributed by atoms with Crippen molar-refractivity contribution in [1.82, 2.24) is 34.4 Å². The van der Waals surface area contributed by atoms with Gasteiger partial charge in [0.15, 0.2) is 23.2 Å². The number of phosphoric acid groups is 2. The molecule has 2 radical (unpaired) electrons. The molecule has 292 valence electrons. The summed E-state index contributed by atoms with van der Waals surface area (Å²) < 4.78 is 69.3. The number of nitrogens with two attached hydrogens (primary N) is 2. The predicted molar refractivity (Wildman–Crippen MR) is 185 cm³/mol. The molecule has 2 saturated heterocycles. The molecule has 2 fully saturated rings. The Balaban J connectivity index is 1.05. The van der Waals surface area contributed by atoms with E-state index in [-0.39, 0.29) is 60.9 Å². The first-order chi connectivity index (χ1) is 25.3. The van der Waals surface area contributed by atoms with Gasteiger partial charge in [0, 0.05) is 20.1 Å². The molecule has 10 N–H and O–H groups in total. The first-order valence-corrected chi connectivity index (χ1v) is 20.1. The SMILES string of the molecule is [B]P(=O)(OP(=O)(O)OC[C@@H]1CN(CC#C)C[C@H](N2CN(C)c3c2nc(N)[nH]c3=O)O1)OP(=O)(O)OC[C@H]1O[C@@H](n2cnc3c(=O)[nH]c(N)nc32)[C@H](O)[C@@H]1O. The van der Waals surface area contributed by atoms with Gasteiger partial charge in [0.1, 0.15) is 30.2 Å². The second kappa shape index (κ2) is 15.1. The van der Waals surface area contributed by atoms with Crippen molar-refractivity contribution < 1.29 is 60.8 Å². The zero-order chi connectivity index (χ0) is 39.3. The topological polar surface area (TPSA) is 359 Å². The van der Waals surface area contributed by atoms with Crippen molar-refractivity contribution in [2.45, 2.75) is 36.9 Å². The minimum Gasteiger partial charge on any atom is -0.387 e. The van der Waals surface area contributed by atoms with E-state index >= 15 is 0 Å². The maximum Gasteiger partial charge on any atom is 0.478 e. The Hall–Kier alpha value is -3.70. The van der Waals surface area contributed by atoms with Crippen molar-refractivity contribution >= 4 is 65.3 Å². The largest absolute Gasteiger partial charge is 0.478 e. The molecule has 0 aliphatic carbocycles. The third-order valence-corrected chi connectivity index (χ3v) is 12.5. The molecule has 26 nitrogen and oxygen atoms in total. The number of aliphatic hydroxyl groups excluding tert-OH is 2. The fourth-order valence-electron chi connectivity index (χ4n) is 5.94. The molecule has 3 aromatic heterocycles. The van der Waals surface area contributed by atoms with Crippen molar-refractivity contribution in [1.29, 1.82) is 0 Å². The fraction of sp³-hybridized carbons (Fsp3) is 0.542. The highest BCUT2D eigenvalue weighted by molar-refractivity contribution is 7.86. The molecule has 0 bridgehead atoms. The molecule has 3 aliphatic heterocycles. The maximum atomic E-state index is 12.8. The summed E-state index contributed by atoms with van der Waals surface area (Å²) in [6.07, 6.45) is -1.72. The normalized spacial score (nSPS) is 28.0. The molecular weight excluding hydrogens is 786 g/mol. The van der Waals surface area contributed by atoms with Crippen LogP contribution in [0.25, 0.3) is 11.2 Å². The van der Waals surface area contributed by atoms with E-state index in [0.29, 0.717) is 0 Å². The molecule has 0 amide bonds. The highest BCUT2D eigenvalue weighted by Crippen LogP contribution is 2.67. The van der Waals surface area contributed by atoms with Crippen molar-refractivity contribution in [3.63, 3.8) is 0 Å². The molecule has 6 heterocycles. The maximum absolute atomic E-state index is 12.8. The van der Waals surface area contributed by atoms with E-state index in [0.717, 1.165) is 10.9 Å². The lowest BCUT2D eigenvalue weighted by Crippen LogP contribution is -2.56. The summed E-state index contributed by atoms with van der Waals surface area (Å²) in [6, 6.07) is 0. The molecule has 0 aromatic carbocycles. The minimum absolute atomic E-state index is 0.0726. The van der Waals surface area contributed by atoms with Gasteiger partial charge in [-0.25, -0.2) is 22.7 Å². The number of hydrogen-bond donors (Lipinski definition) is 8. The van der Waals surface area contributed by atoms with Gasteiger partial charge in [-0.05, 0) is 0 Å². The van der Waals surface area contributed by atoms with Gasteiger partial charge >= 0.3 is 15.6 Å². The lowest BCUT2D eigenvalue weighted by atomic mass is 10.1. The van der Waals surface area contributed by atoms with E-state index in [1.807, 2.05) is 0 Å². The van der Waals surface area contributed by atoms with Crippen LogP contribution in [0.1, 0.15) is 6.23 Å². The number of nitrogens with one attached hydrogen (secondary N) is 2. The number of rotatable bonds is 13. The number of morpholine rings is 1. The monoisotopic (exact) mass is 819 g/mol. The van der Waals surface area contributed by atoms with Gasteiger partial charge in [-0.3, -0.25) is 42.6 Å². The summed E-state index contributed by atoms with van der Waals surface area (Å²) in [5.74, 6) is 2.28. The third-order valence-electron chi connectivity index (χ3n) is 8.12. The molecule has 0 saturated carbocycles. The number of anilines is 4. The summed E-state index contributed by atoms with van der Waals surface area (Å²) in [5, 5.41) is 21.1. The van der Waals surface area contributed by atoms with E-state index in [2.05, 4.69) is 39.5 Å². The van der Waals surface area contributed by atoms with Crippen LogP contribution in [0.15, 0.2) is 15.9 Å². The molecule has 3 aromatic rings. The Kier molecular flexibility index (Phi) is 11.2. The van der Waals surface area contributed by atoms with Crippen LogP contribution in [-0.2, 0) is 40.8 Å². The van der Waals surface area contributed by atoms with Gasteiger partial charge in [-0.15, -0.1) is 6.42 Å². The summed E-state index contributed by atoms with van der Waals surface area (Å²) in [5.41, 5.74) is 10.1. The van der Waals surface area contributed by atoms with Gasteiger partial charge in [0.05, 0.1) is 38.9 Å². The number of nitrogens with zero attached hydrogens (tertiary/aromatic N) is 7. The van der Waals surface area contributed by atoms with Gasteiger partial charge in [0.2, 0.25) is 19.5 Å². The number of terminal acetylenes is 1. The van der Waals surface area contributed by atoms with Crippen molar-refractivity contribution in [3.8, 4) is 12.3 Å². The van der Waals surface area contributed by atoms with E-state index in [1.165, 1.54) is 0 Å². The summed E-state index contributed by atoms with van der Waals surface area (Å²) in [7, 11) is -9.39. The predicted octanol–water partition coefficient (Wildman–Crippen LogP) is -2.90. The molecule has 3 aliphatic rings. The quantitative estimate of drug-likeness (QED) is 0.0487. The average Bonchev–Trinajstić information content (AvgIpc) is 3.71. The van der Waals surface area contributed by atoms with E-state index in [9.17, 15) is 43.3 Å². The zero-order valence-electron chi connectivity index (χ0n) is 27.8. The number of ether oxygens (including phenoxy) is 2. The molecule has 3 unspecified atom stereocenters.